The molecule has 3 heteroatoms. The van der Waals surface area contributed by atoms with Crippen molar-refractivity contribution in [1.29, 1.82) is 0 Å². The highest BCUT2D eigenvalue weighted by atomic mass is 16.3. The summed E-state index contributed by atoms with van der Waals surface area (Å²) in [5.74, 6) is 0.502. The Hall–Kier alpha value is -0.900. The summed E-state index contributed by atoms with van der Waals surface area (Å²) in [5.41, 5.74) is 2.18. The smallest absolute Gasteiger partial charge is 0.0940 e. The second-order valence-corrected chi connectivity index (χ2v) is 5.31. The van der Waals surface area contributed by atoms with Gasteiger partial charge in [-0.1, -0.05) is 38.1 Å². The first-order chi connectivity index (χ1) is 8.41. The Bertz CT molecular complexity index is 346. The molecule has 0 aromatic heterocycles. The maximum absolute atomic E-state index is 10.2. The third-order valence-electron chi connectivity index (χ3n) is 3.15. The van der Waals surface area contributed by atoms with E-state index in [-0.39, 0.29) is 6.04 Å². The minimum atomic E-state index is -0.551. The van der Waals surface area contributed by atoms with E-state index in [1.54, 1.807) is 6.92 Å². The van der Waals surface area contributed by atoms with Crippen LogP contribution in [-0.2, 0) is 0 Å². The van der Waals surface area contributed by atoms with E-state index in [0.29, 0.717) is 12.5 Å². The molecule has 3 atom stereocenters. The van der Waals surface area contributed by atoms with Crippen molar-refractivity contribution in [1.82, 2.24) is 5.32 Å². The maximum Gasteiger partial charge on any atom is 0.0940 e. The third kappa shape index (κ3) is 4.41. The zero-order chi connectivity index (χ0) is 13.7. The number of rotatable bonds is 6. The molecule has 102 valence electrons. The van der Waals surface area contributed by atoms with Crippen molar-refractivity contribution < 1.29 is 10.2 Å². The molecule has 3 nitrogen and oxygen atoms in total. The summed E-state index contributed by atoms with van der Waals surface area (Å²) in [6.07, 6.45) is -0.951. The van der Waals surface area contributed by atoms with Crippen LogP contribution in [0.1, 0.15) is 50.8 Å². The molecule has 18 heavy (non-hydrogen) atoms. The van der Waals surface area contributed by atoms with Crippen LogP contribution in [0, 0.1) is 0 Å². The average molecular weight is 251 g/mol. The molecule has 1 aromatic rings. The van der Waals surface area contributed by atoms with Gasteiger partial charge in [0.15, 0.2) is 0 Å². The van der Waals surface area contributed by atoms with E-state index in [1.807, 2.05) is 19.1 Å². The summed E-state index contributed by atoms with van der Waals surface area (Å²) in [7, 11) is 0. The number of hydrogen-bond acceptors (Lipinski definition) is 3. The minimum absolute atomic E-state index is 0.0792. The van der Waals surface area contributed by atoms with Crippen LogP contribution in [0.25, 0.3) is 0 Å². The van der Waals surface area contributed by atoms with E-state index in [1.165, 1.54) is 5.56 Å². The Balaban J connectivity index is 2.62. The Morgan fingerprint density at radius 3 is 1.89 bits per heavy atom. The first-order valence-electron chi connectivity index (χ1n) is 6.61. The van der Waals surface area contributed by atoms with Gasteiger partial charge in [-0.05, 0) is 30.9 Å². The van der Waals surface area contributed by atoms with E-state index in [2.05, 4.69) is 31.3 Å². The molecule has 0 saturated carbocycles. The van der Waals surface area contributed by atoms with Crippen LogP contribution in [0.2, 0.25) is 0 Å². The van der Waals surface area contributed by atoms with Gasteiger partial charge in [-0.3, -0.25) is 0 Å². The molecule has 0 amide bonds. The number of aliphatic hydroxyl groups is 2. The monoisotopic (exact) mass is 251 g/mol. The van der Waals surface area contributed by atoms with Crippen LogP contribution < -0.4 is 5.32 Å². The van der Waals surface area contributed by atoms with Gasteiger partial charge in [0.25, 0.3) is 0 Å². The van der Waals surface area contributed by atoms with Crippen LogP contribution in [0.4, 0.5) is 0 Å². The largest absolute Gasteiger partial charge is 0.392 e. The molecule has 0 aliphatic heterocycles. The molecule has 0 saturated heterocycles. The fraction of sp³-hybridized carbons (Fsp3) is 0.600. The van der Waals surface area contributed by atoms with E-state index in [9.17, 15) is 10.2 Å². The zero-order valence-electron chi connectivity index (χ0n) is 11.7. The lowest BCUT2D eigenvalue weighted by atomic mass is 9.98. The van der Waals surface area contributed by atoms with Gasteiger partial charge in [-0.15, -0.1) is 0 Å². The molecule has 0 radical (unpaired) electrons. The quantitative estimate of drug-likeness (QED) is 0.726. The Morgan fingerprint density at radius 1 is 0.944 bits per heavy atom. The van der Waals surface area contributed by atoms with Gasteiger partial charge in [0, 0.05) is 12.6 Å². The second kappa shape index (κ2) is 6.88. The van der Waals surface area contributed by atoms with Crippen molar-refractivity contribution in [3.8, 4) is 0 Å². The van der Waals surface area contributed by atoms with Crippen molar-refractivity contribution in [2.24, 2.45) is 0 Å². The summed E-state index contributed by atoms with van der Waals surface area (Å²) in [6, 6.07) is 7.99. The highest BCUT2D eigenvalue weighted by Gasteiger charge is 2.16. The summed E-state index contributed by atoms with van der Waals surface area (Å²) >= 11 is 0. The molecule has 1 rings (SSSR count). The predicted octanol–water partition coefficient (Wildman–Crippen LogP) is 2.20. The van der Waals surface area contributed by atoms with Crippen LogP contribution in [0.15, 0.2) is 24.3 Å². The highest BCUT2D eigenvalue weighted by molar-refractivity contribution is 5.26. The first kappa shape index (κ1) is 15.2. The molecule has 3 N–H and O–H groups in total. The summed E-state index contributed by atoms with van der Waals surface area (Å²) < 4.78 is 0. The van der Waals surface area contributed by atoms with Crippen LogP contribution in [0.5, 0.6) is 0 Å². The van der Waals surface area contributed by atoms with Gasteiger partial charge < -0.3 is 15.5 Å². The van der Waals surface area contributed by atoms with Gasteiger partial charge in [0.2, 0.25) is 0 Å². The molecule has 0 heterocycles. The molecule has 0 spiro atoms. The molecule has 1 aromatic carbocycles. The first-order valence-corrected chi connectivity index (χ1v) is 6.61. The molecular weight excluding hydrogens is 226 g/mol. The van der Waals surface area contributed by atoms with Crippen LogP contribution in [0.3, 0.4) is 0 Å². The fourth-order valence-corrected chi connectivity index (χ4v) is 1.83. The van der Waals surface area contributed by atoms with E-state index < -0.39 is 12.2 Å². The van der Waals surface area contributed by atoms with Crippen molar-refractivity contribution in [2.45, 2.75) is 51.9 Å². The van der Waals surface area contributed by atoms with Gasteiger partial charge in [0.1, 0.15) is 0 Å². The van der Waals surface area contributed by atoms with Gasteiger partial charge >= 0.3 is 0 Å². The molecule has 0 bridgehead atoms. The average Bonchev–Trinajstić information content (AvgIpc) is 2.35. The SMILES string of the molecule is CC(O)CNC(C)C(O)c1ccc(C(C)C)cc1. The number of hydrogen-bond donors (Lipinski definition) is 3. The number of benzene rings is 1. The minimum Gasteiger partial charge on any atom is -0.392 e. The van der Waals surface area contributed by atoms with E-state index in [4.69, 9.17) is 0 Å². The predicted molar refractivity (Wildman–Crippen MR) is 74.6 cm³/mol. The molecule has 0 aliphatic carbocycles. The summed E-state index contributed by atoms with van der Waals surface area (Å²) in [5, 5.41) is 22.5. The molecule has 3 unspecified atom stereocenters. The standard InChI is InChI=1S/C15H25NO2/c1-10(2)13-5-7-14(8-6-13)15(18)12(4)16-9-11(3)17/h5-8,10-12,15-18H,9H2,1-4H3. The maximum atomic E-state index is 10.2. The van der Waals surface area contributed by atoms with E-state index in [0.717, 1.165) is 5.56 Å². The third-order valence-corrected chi connectivity index (χ3v) is 3.15. The Kier molecular flexibility index (Phi) is 5.79. The topological polar surface area (TPSA) is 52.5 Å². The Labute approximate surface area is 110 Å². The lowest BCUT2D eigenvalue weighted by Crippen LogP contribution is -2.36. The lowest BCUT2D eigenvalue weighted by molar-refractivity contribution is 0.121. The summed E-state index contributed by atoms with van der Waals surface area (Å²) in [4.78, 5) is 0. The van der Waals surface area contributed by atoms with Crippen molar-refractivity contribution in [3.05, 3.63) is 35.4 Å². The van der Waals surface area contributed by atoms with E-state index >= 15 is 0 Å². The fourth-order valence-electron chi connectivity index (χ4n) is 1.83. The van der Waals surface area contributed by atoms with Crippen molar-refractivity contribution in [3.63, 3.8) is 0 Å². The molecule has 0 aliphatic rings. The Morgan fingerprint density at radius 2 is 1.44 bits per heavy atom. The number of nitrogens with one attached hydrogen (secondary N) is 1. The zero-order valence-corrected chi connectivity index (χ0v) is 11.7. The van der Waals surface area contributed by atoms with Crippen LogP contribution in [-0.4, -0.2) is 28.9 Å². The van der Waals surface area contributed by atoms with Crippen molar-refractivity contribution in [2.75, 3.05) is 6.54 Å². The lowest BCUT2D eigenvalue weighted by Gasteiger charge is -2.22. The van der Waals surface area contributed by atoms with Crippen molar-refractivity contribution >= 4 is 0 Å². The number of aliphatic hydroxyl groups excluding tert-OH is 2. The second-order valence-electron chi connectivity index (χ2n) is 5.31. The van der Waals surface area contributed by atoms with Gasteiger partial charge in [0.05, 0.1) is 12.2 Å². The van der Waals surface area contributed by atoms with Gasteiger partial charge in [-0.25, -0.2) is 0 Å². The van der Waals surface area contributed by atoms with Crippen LogP contribution >= 0.6 is 0 Å². The summed E-state index contributed by atoms with van der Waals surface area (Å²) in [6.45, 7) is 8.44. The highest BCUT2D eigenvalue weighted by Crippen LogP contribution is 2.20. The molecule has 0 fully saturated rings. The normalized spacial score (nSPS) is 16.6. The van der Waals surface area contributed by atoms with Gasteiger partial charge in [-0.2, -0.15) is 0 Å². The molecular formula is C15H25NO2.